The molecule has 0 saturated carbocycles. The van der Waals surface area contributed by atoms with Gasteiger partial charge >= 0.3 is 0 Å². The Bertz CT molecular complexity index is 361. The Labute approximate surface area is 99.3 Å². The van der Waals surface area contributed by atoms with Gasteiger partial charge in [-0.1, -0.05) is 30.3 Å². The van der Waals surface area contributed by atoms with Gasteiger partial charge in [0.05, 0.1) is 18.5 Å². The van der Waals surface area contributed by atoms with Crippen molar-refractivity contribution >= 4 is 11.9 Å². The van der Waals surface area contributed by atoms with Crippen LogP contribution in [-0.2, 0) is 16.0 Å². The summed E-state index contributed by atoms with van der Waals surface area (Å²) in [4.78, 5) is 21.3. The van der Waals surface area contributed by atoms with Crippen LogP contribution in [0.1, 0.15) is 5.56 Å². The Morgan fingerprint density at radius 1 is 1.00 bits per heavy atom. The Hall–Kier alpha value is -1.88. The first-order chi connectivity index (χ1) is 8.08. The second-order valence-corrected chi connectivity index (χ2v) is 3.83. The van der Waals surface area contributed by atoms with E-state index in [1.54, 1.807) is 0 Å². The van der Waals surface area contributed by atoms with Crippen molar-refractivity contribution in [3.8, 4) is 0 Å². The number of carboxylic acid groups (broad SMARTS) is 2. The number of aliphatic carboxylic acids is 2. The van der Waals surface area contributed by atoms with Crippen molar-refractivity contribution in [3.63, 3.8) is 0 Å². The summed E-state index contributed by atoms with van der Waals surface area (Å²) in [6, 6.07) is 9.47. The average Bonchev–Trinajstić information content (AvgIpc) is 2.26. The molecular weight excluding hydrogens is 222 g/mol. The molecule has 5 nitrogen and oxygen atoms in total. The van der Waals surface area contributed by atoms with Crippen molar-refractivity contribution in [2.45, 2.75) is 6.42 Å². The number of carboxylic acids is 2. The minimum Gasteiger partial charge on any atom is -0.544 e. The third-order valence-corrected chi connectivity index (χ3v) is 2.40. The van der Waals surface area contributed by atoms with Crippen LogP contribution >= 0.6 is 0 Å². The second-order valence-electron chi connectivity index (χ2n) is 3.83. The molecule has 0 aliphatic carbocycles. The number of hydrogen-bond donors (Lipinski definition) is 1. The molecule has 1 N–H and O–H groups in total. The summed E-state index contributed by atoms with van der Waals surface area (Å²) in [7, 11) is 0. The number of carbonyl (C=O) groups is 2. The molecule has 0 unspecified atom stereocenters. The maximum Gasteiger partial charge on any atom is 0.118 e. The summed E-state index contributed by atoms with van der Waals surface area (Å²) < 4.78 is 0. The van der Waals surface area contributed by atoms with E-state index in [0.29, 0.717) is 17.9 Å². The molecule has 0 spiro atoms. The number of hydrogen-bond acceptors (Lipinski definition) is 4. The van der Waals surface area contributed by atoms with Gasteiger partial charge in [-0.05, 0) is 5.56 Å². The number of quaternary nitrogens is 1. The first-order valence-corrected chi connectivity index (χ1v) is 5.35. The van der Waals surface area contributed by atoms with Gasteiger partial charge in [-0.2, -0.15) is 0 Å². The number of benzene rings is 1. The standard InChI is InChI=1S/C12H15NO4/c14-11(15)8-13(9-12(16)17)7-6-10-4-2-1-3-5-10/h1-5H,6-9H2,(H,14,15)(H,16,17)/p-1. The van der Waals surface area contributed by atoms with Crippen LogP contribution in [0, 0.1) is 0 Å². The van der Waals surface area contributed by atoms with Crippen LogP contribution in [0.4, 0.5) is 0 Å². The monoisotopic (exact) mass is 236 g/mol. The largest absolute Gasteiger partial charge is 0.544 e. The molecule has 0 fully saturated rings. The van der Waals surface area contributed by atoms with Gasteiger partial charge in [0.25, 0.3) is 0 Å². The molecule has 0 saturated heterocycles. The van der Waals surface area contributed by atoms with Crippen LogP contribution in [0.25, 0.3) is 0 Å². The lowest BCUT2D eigenvalue weighted by Gasteiger charge is -2.20. The number of carbonyl (C=O) groups excluding carboxylic acids is 2. The van der Waals surface area contributed by atoms with Crippen LogP contribution < -0.4 is 15.1 Å². The summed E-state index contributed by atoms with van der Waals surface area (Å²) in [6.07, 6.45) is 0.622. The Morgan fingerprint density at radius 2 is 1.53 bits per heavy atom. The van der Waals surface area contributed by atoms with E-state index in [1.165, 1.54) is 0 Å². The van der Waals surface area contributed by atoms with E-state index < -0.39 is 11.9 Å². The predicted octanol–water partition coefficient (Wildman–Crippen LogP) is -3.39. The van der Waals surface area contributed by atoms with E-state index >= 15 is 0 Å². The van der Waals surface area contributed by atoms with Gasteiger partial charge in [0, 0.05) is 6.42 Å². The maximum absolute atomic E-state index is 10.5. The molecule has 1 aromatic rings. The molecule has 0 radical (unpaired) electrons. The molecular formula is C12H14NO4-. The van der Waals surface area contributed by atoms with Gasteiger partial charge in [-0.15, -0.1) is 0 Å². The fraction of sp³-hybridized carbons (Fsp3) is 0.333. The summed E-state index contributed by atoms with van der Waals surface area (Å²) in [5.74, 6) is -2.51. The third-order valence-electron chi connectivity index (χ3n) is 2.40. The molecule has 0 amide bonds. The van der Waals surface area contributed by atoms with Crippen molar-refractivity contribution in [1.29, 1.82) is 0 Å². The molecule has 17 heavy (non-hydrogen) atoms. The van der Waals surface area contributed by atoms with Crippen LogP contribution in [0.5, 0.6) is 0 Å². The first-order valence-electron chi connectivity index (χ1n) is 5.35. The smallest absolute Gasteiger partial charge is 0.118 e. The lowest BCUT2D eigenvalue weighted by atomic mass is 10.1. The minimum absolute atomic E-state index is 0.319. The van der Waals surface area contributed by atoms with E-state index in [0.717, 1.165) is 5.56 Å². The summed E-state index contributed by atoms with van der Waals surface area (Å²) >= 11 is 0. The second kappa shape index (κ2) is 6.65. The van der Waals surface area contributed by atoms with Crippen LogP contribution in [0.3, 0.4) is 0 Å². The van der Waals surface area contributed by atoms with Crippen molar-refractivity contribution in [1.82, 2.24) is 0 Å². The van der Waals surface area contributed by atoms with Crippen molar-refractivity contribution in [3.05, 3.63) is 35.9 Å². The molecule has 5 heteroatoms. The fourth-order valence-electron chi connectivity index (χ4n) is 1.61. The van der Waals surface area contributed by atoms with Crippen molar-refractivity contribution in [2.75, 3.05) is 19.6 Å². The fourth-order valence-corrected chi connectivity index (χ4v) is 1.61. The average molecular weight is 236 g/mol. The molecule has 0 atom stereocenters. The molecule has 92 valence electrons. The molecule has 1 aromatic carbocycles. The highest BCUT2D eigenvalue weighted by Crippen LogP contribution is 1.97. The normalized spacial score (nSPS) is 10.4. The zero-order valence-corrected chi connectivity index (χ0v) is 9.35. The zero-order valence-electron chi connectivity index (χ0n) is 9.35. The maximum atomic E-state index is 10.5. The highest BCUT2D eigenvalue weighted by molar-refractivity contribution is 5.67. The van der Waals surface area contributed by atoms with Gasteiger partial charge in [0.1, 0.15) is 13.1 Å². The van der Waals surface area contributed by atoms with Gasteiger partial charge in [-0.3, -0.25) is 0 Å². The highest BCUT2D eigenvalue weighted by Gasteiger charge is 2.09. The minimum atomic E-state index is -1.26. The third kappa shape index (κ3) is 5.67. The van der Waals surface area contributed by atoms with Crippen molar-refractivity contribution in [2.24, 2.45) is 0 Å². The van der Waals surface area contributed by atoms with E-state index in [-0.39, 0.29) is 13.1 Å². The highest BCUT2D eigenvalue weighted by atomic mass is 16.4. The first kappa shape index (κ1) is 13.2. The van der Waals surface area contributed by atoms with Crippen LogP contribution in [0.2, 0.25) is 0 Å². The van der Waals surface area contributed by atoms with Crippen LogP contribution in [0.15, 0.2) is 30.3 Å². The summed E-state index contributed by atoms with van der Waals surface area (Å²) in [5, 5.41) is 20.9. The SMILES string of the molecule is O=C([O-])C[NH+](CCc1ccccc1)CC(=O)[O-]. The van der Waals surface area contributed by atoms with E-state index in [4.69, 9.17) is 0 Å². The quantitative estimate of drug-likeness (QED) is 0.535. The molecule has 0 aliphatic heterocycles. The van der Waals surface area contributed by atoms with E-state index in [2.05, 4.69) is 0 Å². The molecule has 0 aliphatic rings. The zero-order chi connectivity index (χ0) is 12.7. The summed E-state index contributed by atoms with van der Waals surface area (Å²) in [5.41, 5.74) is 1.04. The van der Waals surface area contributed by atoms with Crippen molar-refractivity contribution < 1.29 is 24.7 Å². The van der Waals surface area contributed by atoms with E-state index in [1.807, 2.05) is 30.3 Å². The summed E-state index contributed by atoms with van der Waals surface area (Å²) in [6.45, 7) is -0.215. The lowest BCUT2D eigenvalue weighted by Crippen LogP contribution is -3.14. The van der Waals surface area contributed by atoms with E-state index in [9.17, 15) is 19.8 Å². The van der Waals surface area contributed by atoms with Gasteiger partial charge in [-0.25, -0.2) is 0 Å². The predicted molar refractivity (Wildman–Crippen MR) is 55.7 cm³/mol. The Balaban J connectivity index is 2.48. The Kier molecular flexibility index (Phi) is 5.16. The number of rotatable bonds is 7. The Morgan fingerprint density at radius 3 is 2.00 bits per heavy atom. The molecule has 0 aromatic heterocycles. The molecule has 0 heterocycles. The number of nitrogens with one attached hydrogen (secondary N) is 1. The van der Waals surface area contributed by atoms with Gasteiger partial charge in [0.15, 0.2) is 0 Å². The molecule has 1 rings (SSSR count). The van der Waals surface area contributed by atoms with Gasteiger partial charge < -0.3 is 24.7 Å². The van der Waals surface area contributed by atoms with Crippen LogP contribution in [-0.4, -0.2) is 31.6 Å². The van der Waals surface area contributed by atoms with Gasteiger partial charge in [0.2, 0.25) is 0 Å². The topological polar surface area (TPSA) is 84.7 Å². The lowest BCUT2D eigenvalue weighted by molar-refractivity contribution is -0.888. The molecule has 0 bridgehead atoms.